The van der Waals surface area contributed by atoms with Gasteiger partial charge in [0.15, 0.2) is 15.1 Å². The average molecular weight is 445 g/mol. The van der Waals surface area contributed by atoms with Crippen LogP contribution in [-0.2, 0) is 21.1 Å². The maximum absolute atomic E-state index is 13.6. The lowest BCUT2D eigenvalue weighted by Crippen LogP contribution is -2.37. The third-order valence-electron chi connectivity index (χ3n) is 5.20. The van der Waals surface area contributed by atoms with Crippen molar-refractivity contribution in [3.8, 4) is 0 Å². The smallest absolute Gasteiger partial charge is 0.241 e. The van der Waals surface area contributed by atoms with Gasteiger partial charge in [0.1, 0.15) is 5.25 Å². The highest BCUT2D eigenvalue weighted by Gasteiger charge is 2.55. The summed E-state index contributed by atoms with van der Waals surface area (Å²) in [6.45, 7) is 0. The van der Waals surface area contributed by atoms with Crippen molar-refractivity contribution in [1.29, 1.82) is 0 Å². The van der Waals surface area contributed by atoms with Gasteiger partial charge in [-0.1, -0.05) is 36.4 Å². The van der Waals surface area contributed by atoms with Crippen LogP contribution in [0.4, 0.5) is 0 Å². The number of carbonyl (C=O) groups is 1. The first kappa shape index (κ1) is 20.5. The van der Waals surface area contributed by atoms with Crippen molar-refractivity contribution in [1.82, 2.24) is 4.98 Å². The fraction of sp³-hybridized carbons (Fsp3) is 0.143. The molecule has 2 heterocycles. The predicted octanol–water partition coefficient (Wildman–Crippen LogP) is 3.16. The van der Waals surface area contributed by atoms with Gasteiger partial charge in [-0.05, 0) is 47.4 Å². The standard InChI is InChI=1S/C21H20N2O5S2/c22-21(24)20-19(29(25,26)16-8-2-1-3-9-16)18-15(12-14-6-5-11-23-13-14)7-4-10-17(18)30(20,27)28/h1-11,13,19-20,27-28H,12H2,(H2,22,24). The largest absolute Gasteiger partial charge is 0.368 e. The molecule has 1 amide bonds. The van der Waals surface area contributed by atoms with Crippen LogP contribution in [0.3, 0.4) is 0 Å². The number of hydrogen-bond donors (Lipinski definition) is 3. The number of nitrogens with zero attached hydrogens (tertiary/aromatic N) is 1. The minimum absolute atomic E-state index is 0.0134. The van der Waals surface area contributed by atoms with E-state index in [0.29, 0.717) is 12.0 Å². The van der Waals surface area contributed by atoms with E-state index in [1.54, 1.807) is 48.8 Å². The third-order valence-corrected chi connectivity index (χ3v) is 9.69. The van der Waals surface area contributed by atoms with Crippen molar-refractivity contribution in [3.63, 3.8) is 0 Å². The summed E-state index contributed by atoms with van der Waals surface area (Å²) in [5.41, 5.74) is 7.14. The van der Waals surface area contributed by atoms with Gasteiger partial charge in [-0.25, -0.2) is 8.42 Å². The van der Waals surface area contributed by atoms with Gasteiger partial charge in [0.2, 0.25) is 5.91 Å². The number of aromatic nitrogens is 1. The zero-order chi connectivity index (χ0) is 21.5. The average Bonchev–Trinajstić information content (AvgIpc) is 2.98. The summed E-state index contributed by atoms with van der Waals surface area (Å²) in [6, 6.07) is 16.0. The Kier molecular flexibility index (Phi) is 5.15. The predicted molar refractivity (Wildman–Crippen MR) is 114 cm³/mol. The molecule has 0 radical (unpaired) electrons. The first-order valence-electron chi connectivity index (χ1n) is 9.10. The third kappa shape index (κ3) is 3.29. The van der Waals surface area contributed by atoms with Gasteiger partial charge in [0.25, 0.3) is 0 Å². The Morgan fingerprint density at radius 3 is 2.40 bits per heavy atom. The van der Waals surface area contributed by atoms with Gasteiger partial charge in [-0.3, -0.25) is 18.9 Å². The van der Waals surface area contributed by atoms with Crippen LogP contribution in [0.5, 0.6) is 0 Å². The number of nitrogens with two attached hydrogens (primary N) is 1. The topological polar surface area (TPSA) is 131 Å². The molecule has 4 rings (SSSR count). The molecule has 2 unspecified atom stereocenters. The zero-order valence-electron chi connectivity index (χ0n) is 15.8. The summed E-state index contributed by atoms with van der Waals surface area (Å²) in [6.07, 6.45) is 3.60. The van der Waals surface area contributed by atoms with Crippen LogP contribution in [0, 0.1) is 0 Å². The van der Waals surface area contributed by atoms with Crippen LogP contribution in [0.15, 0.2) is 82.8 Å². The molecule has 7 nitrogen and oxygen atoms in total. The summed E-state index contributed by atoms with van der Waals surface area (Å²) in [5, 5.41) is -3.17. The molecule has 2 aromatic carbocycles. The van der Waals surface area contributed by atoms with E-state index in [0.717, 1.165) is 5.56 Å². The minimum atomic E-state index is -4.15. The Balaban J connectivity index is 1.96. The van der Waals surface area contributed by atoms with Gasteiger partial charge in [-0.15, -0.1) is 0 Å². The molecule has 0 fully saturated rings. The molecule has 9 heteroatoms. The molecule has 0 spiro atoms. The summed E-state index contributed by atoms with van der Waals surface area (Å²) in [4.78, 5) is 16.4. The second kappa shape index (κ2) is 7.51. The molecule has 156 valence electrons. The lowest BCUT2D eigenvalue weighted by atomic mass is 9.97. The van der Waals surface area contributed by atoms with Crippen molar-refractivity contribution in [2.45, 2.75) is 26.7 Å². The molecule has 1 aliphatic heterocycles. The lowest BCUT2D eigenvalue weighted by molar-refractivity contribution is -0.117. The highest BCUT2D eigenvalue weighted by atomic mass is 32.3. The second-order valence-corrected chi connectivity index (χ2v) is 11.3. The highest BCUT2D eigenvalue weighted by Crippen LogP contribution is 2.66. The second-order valence-electron chi connectivity index (χ2n) is 7.06. The number of pyridine rings is 1. The molecule has 0 aliphatic carbocycles. The monoisotopic (exact) mass is 444 g/mol. The van der Waals surface area contributed by atoms with E-state index < -0.39 is 36.8 Å². The van der Waals surface area contributed by atoms with Gasteiger partial charge in [0, 0.05) is 12.4 Å². The van der Waals surface area contributed by atoms with Crippen LogP contribution in [-0.4, -0.2) is 33.7 Å². The highest BCUT2D eigenvalue weighted by molar-refractivity contribution is 8.26. The normalized spacial score (nSPS) is 21.0. The number of hydrogen-bond acceptors (Lipinski definition) is 6. The molecule has 1 aliphatic rings. The molecule has 0 saturated carbocycles. The van der Waals surface area contributed by atoms with Crippen molar-refractivity contribution in [2.24, 2.45) is 5.73 Å². The van der Waals surface area contributed by atoms with E-state index in [4.69, 9.17) is 5.73 Å². The summed E-state index contributed by atoms with van der Waals surface area (Å²) >= 11 is 0. The Labute approximate surface area is 175 Å². The molecule has 2 atom stereocenters. The molecular formula is C21H20N2O5S2. The van der Waals surface area contributed by atoms with E-state index in [9.17, 15) is 22.3 Å². The van der Waals surface area contributed by atoms with Crippen LogP contribution in [0.2, 0.25) is 0 Å². The molecule has 3 aromatic rings. The number of primary amides is 1. The molecule has 0 bridgehead atoms. The quantitative estimate of drug-likeness (QED) is 0.554. The fourth-order valence-electron chi connectivity index (χ4n) is 3.90. The van der Waals surface area contributed by atoms with E-state index in [-0.39, 0.29) is 15.4 Å². The maximum atomic E-state index is 13.6. The molecule has 4 N–H and O–H groups in total. The summed E-state index contributed by atoms with van der Waals surface area (Å²) < 4.78 is 49.0. The Hall–Kier alpha value is -2.72. The maximum Gasteiger partial charge on any atom is 0.241 e. The summed E-state index contributed by atoms with van der Waals surface area (Å²) in [5.74, 6) is -1.07. The van der Waals surface area contributed by atoms with Crippen LogP contribution >= 0.6 is 10.6 Å². The van der Waals surface area contributed by atoms with Crippen molar-refractivity contribution in [2.75, 3.05) is 0 Å². The number of carbonyl (C=O) groups excluding carboxylic acids is 1. The number of benzene rings is 2. The Morgan fingerprint density at radius 2 is 1.77 bits per heavy atom. The van der Waals surface area contributed by atoms with Gasteiger partial charge in [0.05, 0.1) is 9.79 Å². The Bertz CT molecular complexity index is 1200. The van der Waals surface area contributed by atoms with Crippen LogP contribution < -0.4 is 5.73 Å². The van der Waals surface area contributed by atoms with E-state index >= 15 is 0 Å². The SMILES string of the molecule is NC(=O)C1C(S(=O)(=O)c2ccccc2)c2c(Cc3cccnc3)cccc2S1(O)O. The summed E-state index contributed by atoms with van der Waals surface area (Å²) in [7, 11) is -7.92. The molecule has 0 saturated heterocycles. The molecular weight excluding hydrogens is 424 g/mol. The van der Waals surface area contributed by atoms with Crippen LogP contribution in [0.25, 0.3) is 0 Å². The van der Waals surface area contributed by atoms with E-state index in [1.807, 2.05) is 6.07 Å². The molecule has 1 aromatic heterocycles. The van der Waals surface area contributed by atoms with Crippen molar-refractivity contribution < 1.29 is 22.3 Å². The number of sulfone groups is 1. The zero-order valence-corrected chi connectivity index (χ0v) is 17.4. The lowest BCUT2D eigenvalue weighted by Gasteiger charge is -2.34. The van der Waals surface area contributed by atoms with Crippen LogP contribution in [0.1, 0.15) is 21.9 Å². The van der Waals surface area contributed by atoms with Crippen molar-refractivity contribution >= 4 is 26.3 Å². The van der Waals surface area contributed by atoms with Gasteiger partial charge in [-0.2, -0.15) is 10.6 Å². The van der Waals surface area contributed by atoms with E-state index in [2.05, 4.69) is 4.98 Å². The first-order valence-corrected chi connectivity index (χ1v) is 12.3. The van der Waals surface area contributed by atoms with Gasteiger partial charge >= 0.3 is 0 Å². The minimum Gasteiger partial charge on any atom is -0.368 e. The van der Waals surface area contributed by atoms with Gasteiger partial charge < -0.3 is 5.73 Å². The number of amides is 1. The van der Waals surface area contributed by atoms with Crippen molar-refractivity contribution in [3.05, 3.63) is 89.7 Å². The number of fused-ring (bicyclic) bond motifs is 1. The Morgan fingerprint density at radius 1 is 1.03 bits per heavy atom. The first-order chi connectivity index (χ1) is 14.2. The number of rotatable bonds is 5. The fourth-order valence-corrected chi connectivity index (χ4v) is 8.69. The van der Waals surface area contributed by atoms with E-state index in [1.165, 1.54) is 18.2 Å². The molecule has 30 heavy (non-hydrogen) atoms.